The number of benzene rings is 1. The summed E-state index contributed by atoms with van der Waals surface area (Å²) < 4.78 is 4.90. The maximum absolute atomic E-state index is 11.4. The van der Waals surface area contributed by atoms with Crippen molar-refractivity contribution in [2.45, 2.75) is 20.3 Å². The SMILES string of the molecule is CCCOC(=O)N(N)c1ccc(C)cc1. The van der Waals surface area contributed by atoms with Crippen LogP contribution in [0.3, 0.4) is 0 Å². The summed E-state index contributed by atoms with van der Waals surface area (Å²) in [5.41, 5.74) is 1.75. The van der Waals surface area contributed by atoms with Gasteiger partial charge in [-0.1, -0.05) is 24.6 Å². The van der Waals surface area contributed by atoms with Crippen molar-refractivity contribution in [1.29, 1.82) is 0 Å². The lowest BCUT2D eigenvalue weighted by molar-refractivity contribution is 0.154. The number of anilines is 1. The van der Waals surface area contributed by atoms with E-state index in [4.69, 9.17) is 10.6 Å². The Morgan fingerprint density at radius 1 is 1.40 bits per heavy atom. The Labute approximate surface area is 89.6 Å². The van der Waals surface area contributed by atoms with Gasteiger partial charge in [-0.15, -0.1) is 0 Å². The van der Waals surface area contributed by atoms with Gasteiger partial charge >= 0.3 is 6.09 Å². The molecule has 0 saturated heterocycles. The standard InChI is InChI=1S/C11H16N2O2/c1-3-8-15-11(14)13(12)10-6-4-9(2)5-7-10/h4-7H,3,8,12H2,1-2H3. The predicted molar refractivity (Wildman–Crippen MR) is 59.5 cm³/mol. The molecule has 0 fully saturated rings. The van der Waals surface area contributed by atoms with Crippen LogP contribution in [0.15, 0.2) is 24.3 Å². The zero-order valence-electron chi connectivity index (χ0n) is 9.06. The molecule has 4 nitrogen and oxygen atoms in total. The van der Waals surface area contributed by atoms with Gasteiger partial charge in [-0.3, -0.25) is 0 Å². The molecule has 4 heteroatoms. The lowest BCUT2D eigenvalue weighted by Crippen LogP contribution is -2.38. The van der Waals surface area contributed by atoms with Crippen molar-refractivity contribution in [2.75, 3.05) is 11.6 Å². The average molecular weight is 208 g/mol. The van der Waals surface area contributed by atoms with E-state index in [-0.39, 0.29) is 0 Å². The lowest BCUT2D eigenvalue weighted by atomic mass is 10.2. The van der Waals surface area contributed by atoms with Crippen LogP contribution in [0.2, 0.25) is 0 Å². The molecule has 1 rings (SSSR count). The number of nitrogens with two attached hydrogens (primary N) is 1. The zero-order valence-corrected chi connectivity index (χ0v) is 9.06. The first-order valence-electron chi connectivity index (χ1n) is 4.93. The minimum Gasteiger partial charge on any atom is -0.448 e. The van der Waals surface area contributed by atoms with Crippen LogP contribution >= 0.6 is 0 Å². The number of ether oxygens (including phenoxy) is 1. The molecule has 0 aliphatic carbocycles. The van der Waals surface area contributed by atoms with Crippen LogP contribution in [0.25, 0.3) is 0 Å². The zero-order chi connectivity index (χ0) is 11.3. The van der Waals surface area contributed by atoms with Crippen LogP contribution in [0, 0.1) is 6.92 Å². The van der Waals surface area contributed by atoms with Gasteiger partial charge in [0, 0.05) is 0 Å². The van der Waals surface area contributed by atoms with Crippen LogP contribution in [0.1, 0.15) is 18.9 Å². The first kappa shape index (κ1) is 11.5. The van der Waals surface area contributed by atoms with E-state index >= 15 is 0 Å². The minimum absolute atomic E-state index is 0.387. The van der Waals surface area contributed by atoms with Gasteiger partial charge in [0.25, 0.3) is 0 Å². The summed E-state index contributed by atoms with van der Waals surface area (Å²) in [5.74, 6) is 5.59. The second-order valence-corrected chi connectivity index (χ2v) is 3.32. The van der Waals surface area contributed by atoms with Crippen molar-refractivity contribution >= 4 is 11.8 Å². The number of hydrazine groups is 1. The Morgan fingerprint density at radius 2 is 2.00 bits per heavy atom. The maximum Gasteiger partial charge on any atom is 0.428 e. The number of amides is 1. The van der Waals surface area contributed by atoms with Crippen LogP contribution in [-0.4, -0.2) is 12.7 Å². The highest BCUT2D eigenvalue weighted by Crippen LogP contribution is 2.12. The van der Waals surface area contributed by atoms with Crippen molar-refractivity contribution in [3.05, 3.63) is 29.8 Å². The summed E-state index contributed by atoms with van der Waals surface area (Å²) >= 11 is 0. The van der Waals surface area contributed by atoms with Gasteiger partial charge in [0.05, 0.1) is 12.3 Å². The third-order valence-electron chi connectivity index (χ3n) is 1.94. The Hall–Kier alpha value is -1.55. The molecular weight excluding hydrogens is 192 g/mol. The van der Waals surface area contributed by atoms with E-state index in [9.17, 15) is 4.79 Å². The fourth-order valence-corrected chi connectivity index (χ4v) is 1.07. The molecule has 0 unspecified atom stereocenters. The van der Waals surface area contributed by atoms with Crippen molar-refractivity contribution < 1.29 is 9.53 Å². The molecule has 0 atom stereocenters. The van der Waals surface area contributed by atoms with Crippen molar-refractivity contribution in [3.8, 4) is 0 Å². The van der Waals surface area contributed by atoms with Gasteiger partial charge in [-0.2, -0.15) is 0 Å². The first-order valence-corrected chi connectivity index (χ1v) is 4.93. The van der Waals surface area contributed by atoms with Gasteiger partial charge in [0.15, 0.2) is 0 Å². The summed E-state index contributed by atoms with van der Waals surface area (Å²) in [6, 6.07) is 7.34. The third-order valence-corrected chi connectivity index (χ3v) is 1.94. The molecule has 1 aromatic rings. The molecule has 0 aromatic heterocycles. The lowest BCUT2D eigenvalue weighted by Gasteiger charge is -2.16. The highest BCUT2D eigenvalue weighted by Gasteiger charge is 2.11. The molecule has 1 amide bonds. The molecule has 0 aliphatic heterocycles. The molecule has 2 N–H and O–H groups in total. The fourth-order valence-electron chi connectivity index (χ4n) is 1.07. The topological polar surface area (TPSA) is 55.6 Å². The Bertz CT molecular complexity index is 322. The number of nitrogens with zero attached hydrogens (tertiary/aromatic N) is 1. The molecule has 0 saturated carbocycles. The van der Waals surface area contributed by atoms with Gasteiger partial charge in [0.1, 0.15) is 0 Å². The monoisotopic (exact) mass is 208 g/mol. The number of rotatable bonds is 3. The molecule has 0 bridgehead atoms. The summed E-state index contributed by atoms with van der Waals surface area (Å²) in [6.45, 7) is 4.29. The maximum atomic E-state index is 11.4. The molecular formula is C11H16N2O2. The molecule has 82 valence electrons. The number of aryl methyl sites for hydroxylation is 1. The van der Waals surface area contributed by atoms with Crippen molar-refractivity contribution in [3.63, 3.8) is 0 Å². The molecule has 1 aromatic carbocycles. The summed E-state index contributed by atoms with van der Waals surface area (Å²) in [5, 5.41) is 1.01. The van der Waals surface area contributed by atoms with E-state index in [0.29, 0.717) is 12.3 Å². The number of hydrogen-bond donors (Lipinski definition) is 1. The van der Waals surface area contributed by atoms with E-state index in [1.165, 1.54) is 0 Å². The molecule has 0 spiro atoms. The summed E-state index contributed by atoms with van der Waals surface area (Å²) in [7, 11) is 0. The van der Waals surface area contributed by atoms with Gasteiger partial charge in [0.2, 0.25) is 0 Å². The Kier molecular flexibility index (Phi) is 4.12. The highest BCUT2D eigenvalue weighted by molar-refractivity contribution is 5.86. The Morgan fingerprint density at radius 3 is 2.53 bits per heavy atom. The first-order chi connectivity index (χ1) is 7.15. The number of carbonyl (C=O) groups excluding carboxylic acids is 1. The minimum atomic E-state index is -0.527. The fraction of sp³-hybridized carbons (Fsp3) is 0.364. The van der Waals surface area contributed by atoms with Crippen LogP contribution in [0.5, 0.6) is 0 Å². The normalized spacial score (nSPS) is 9.80. The van der Waals surface area contributed by atoms with Gasteiger partial charge in [-0.05, 0) is 25.5 Å². The second kappa shape index (κ2) is 5.36. The average Bonchev–Trinajstić information content (AvgIpc) is 2.26. The van der Waals surface area contributed by atoms with E-state index in [1.807, 2.05) is 26.0 Å². The van der Waals surface area contributed by atoms with Crippen LogP contribution in [0.4, 0.5) is 10.5 Å². The smallest absolute Gasteiger partial charge is 0.428 e. The predicted octanol–water partition coefficient (Wildman–Crippen LogP) is 2.22. The molecule has 15 heavy (non-hydrogen) atoms. The quantitative estimate of drug-likeness (QED) is 0.470. The number of carbonyl (C=O) groups is 1. The summed E-state index contributed by atoms with van der Waals surface area (Å²) in [4.78, 5) is 11.4. The van der Waals surface area contributed by atoms with Gasteiger partial charge < -0.3 is 4.74 Å². The highest BCUT2D eigenvalue weighted by atomic mass is 16.6. The largest absolute Gasteiger partial charge is 0.448 e. The molecule has 0 heterocycles. The van der Waals surface area contributed by atoms with Gasteiger partial charge in [-0.25, -0.2) is 15.6 Å². The van der Waals surface area contributed by atoms with Crippen molar-refractivity contribution in [2.24, 2.45) is 5.84 Å². The van der Waals surface area contributed by atoms with Crippen LogP contribution < -0.4 is 10.9 Å². The van der Waals surface area contributed by atoms with E-state index in [2.05, 4.69) is 0 Å². The summed E-state index contributed by atoms with van der Waals surface area (Å²) in [6.07, 6.45) is 0.258. The van der Waals surface area contributed by atoms with E-state index < -0.39 is 6.09 Å². The van der Waals surface area contributed by atoms with E-state index in [1.54, 1.807) is 12.1 Å². The van der Waals surface area contributed by atoms with Crippen LogP contribution in [-0.2, 0) is 4.74 Å². The van der Waals surface area contributed by atoms with Crippen molar-refractivity contribution in [1.82, 2.24) is 0 Å². The Balaban J connectivity index is 2.63. The number of hydrogen-bond acceptors (Lipinski definition) is 3. The second-order valence-electron chi connectivity index (χ2n) is 3.32. The third kappa shape index (κ3) is 3.25. The molecule has 0 aliphatic rings. The molecule has 0 radical (unpaired) electrons. The van der Waals surface area contributed by atoms with E-state index in [0.717, 1.165) is 17.0 Å².